The van der Waals surface area contributed by atoms with Crippen LogP contribution in [-0.4, -0.2) is 19.6 Å². The van der Waals surface area contributed by atoms with Crippen LogP contribution in [0.25, 0.3) is 11.0 Å². The van der Waals surface area contributed by atoms with E-state index in [0.29, 0.717) is 0 Å². The summed E-state index contributed by atoms with van der Waals surface area (Å²) >= 11 is 0. The van der Waals surface area contributed by atoms with Gasteiger partial charge in [0.25, 0.3) is 0 Å². The van der Waals surface area contributed by atoms with E-state index in [1.54, 1.807) is 0 Å². The number of aromatic nitrogens is 4. The van der Waals surface area contributed by atoms with Crippen LogP contribution in [0.4, 0.5) is 0 Å². The molecule has 0 atom stereocenters. The fraction of sp³-hybridized carbons (Fsp3) is 0.333. The normalized spacial score (nSPS) is 11.0. The lowest BCUT2D eigenvalue weighted by molar-refractivity contribution is 0.776. The number of hydrogen-bond donors (Lipinski definition) is 0. The van der Waals surface area contributed by atoms with Crippen LogP contribution in [-0.2, 0) is 14.1 Å². The third kappa shape index (κ3) is 0.504. The molecule has 52 valence electrons. The highest BCUT2D eigenvalue weighted by Gasteiger charge is 2.01. The summed E-state index contributed by atoms with van der Waals surface area (Å²) in [6, 6.07) is 0. The van der Waals surface area contributed by atoms with Gasteiger partial charge < -0.3 is 0 Å². The molecule has 4 heteroatoms. The Balaban J connectivity index is 2.95. The summed E-state index contributed by atoms with van der Waals surface area (Å²) in [6.07, 6.45) is 3.62. The Morgan fingerprint density at radius 3 is 1.80 bits per heavy atom. The minimum Gasteiger partial charge on any atom is -0.265 e. The van der Waals surface area contributed by atoms with Gasteiger partial charge in [-0.3, -0.25) is 9.36 Å². The van der Waals surface area contributed by atoms with Gasteiger partial charge in [0.15, 0.2) is 0 Å². The molecule has 2 heterocycles. The Kier molecular flexibility index (Phi) is 0.869. The largest absolute Gasteiger partial charge is 0.265 e. The van der Waals surface area contributed by atoms with Crippen LogP contribution in [0.2, 0.25) is 0 Å². The van der Waals surface area contributed by atoms with Gasteiger partial charge in [-0.25, -0.2) is 0 Å². The predicted octanol–water partition coefficient (Wildman–Crippen LogP) is 0.307. The molecule has 0 spiro atoms. The van der Waals surface area contributed by atoms with E-state index in [0.717, 1.165) is 11.0 Å². The Hall–Kier alpha value is -1.32. The zero-order valence-corrected chi connectivity index (χ0v) is 5.94. The molecule has 0 unspecified atom stereocenters. The van der Waals surface area contributed by atoms with Crippen LogP contribution in [0.1, 0.15) is 0 Å². The lowest BCUT2D eigenvalue weighted by Crippen LogP contribution is -1.87. The van der Waals surface area contributed by atoms with Gasteiger partial charge in [-0.05, 0) is 0 Å². The van der Waals surface area contributed by atoms with Crippen molar-refractivity contribution in [3.63, 3.8) is 0 Å². The molecule has 0 saturated heterocycles. The molecule has 0 aliphatic heterocycles. The van der Waals surface area contributed by atoms with Crippen LogP contribution in [0.5, 0.6) is 0 Å². The summed E-state index contributed by atoms with van der Waals surface area (Å²) < 4.78 is 3.62. The van der Waals surface area contributed by atoms with E-state index < -0.39 is 0 Å². The molecule has 0 aromatic carbocycles. The zero-order valence-electron chi connectivity index (χ0n) is 5.94. The number of fused-ring (bicyclic) bond motifs is 1. The smallest absolute Gasteiger partial charge is 0.106 e. The monoisotopic (exact) mass is 136 g/mol. The molecule has 2 aromatic heterocycles. The summed E-state index contributed by atoms with van der Waals surface area (Å²) in [7, 11) is 3.81. The average molecular weight is 136 g/mol. The van der Waals surface area contributed by atoms with Crippen molar-refractivity contribution < 1.29 is 0 Å². The molecule has 0 radical (unpaired) electrons. The molecule has 0 aliphatic rings. The van der Waals surface area contributed by atoms with Gasteiger partial charge in [-0.1, -0.05) is 0 Å². The first-order valence-corrected chi connectivity index (χ1v) is 3.09. The van der Waals surface area contributed by atoms with E-state index in [1.165, 1.54) is 0 Å². The van der Waals surface area contributed by atoms with Gasteiger partial charge >= 0.3 is 0 Å². The first-order chi connectivity index (χ1) is 4.79. The second kappa shape index (κ2) is 1.59. The maximum absolute atomic E-state index is 4.07. The number of aryl methyl sites for hydroxylation is 2. The van der Waals surface area contributed by atoms with Crippen molar-refractivity contribution in [2.75, 3.05) is 0 Å². The number of rotatable bonds is 0. The second-order valence-corrected chi connectivity index (χ2v) is 2.31. The van der Waals surface area contributed by atoms with Gasteiger partial charge in [0.05, 0.1) is 12.4 Å². The third-order valence-electron chi connectivity index (χ3n) is 1.67. The molecule has 10 heavy (non-hydrogen) atoms. The van der Waals surface area contributed by atoms with Crippen molar-refractivity contribution in [1.82, 2.24) is 19.6 Å². The van der Waals surface area contributed by atoms with Gasteiger partial charge in [-0.15, -0.1) is 0 Å². The summed E-state index contributed by atoms with van der Waals surface area (Å²) in [4.78, 5) is 0. The van der Waals surface area contributed by atoms with Gasteiger partial charge in [0.1, 0.15) is 11.0 Å². The van der Waals surface area contributed by atoms with Crippen molar-refractivity contribution in [2.24, 2.45) is 14.1 Å². The molecular weight excluding hydrogens is 128 g/mol. The topological polar surface area (TPSA) is 35.6 Å². The molecule has 0 amide bonds. The predicted molar refractivity (Wildman–Crippen MR) is 37.5 cm³/mol. The maximum Gasteiger partial charge on any atom is 0.106 e. The molecule has 0 aliphatic carbocycles. The zero-order chi connectivity index (χ0) is 7.14. The van der Waals surface area contributed by atoms with Crippen molar-refractivity contribution in [1.29, 1.82) is 0 Å². The molecule has 0 N–H and O–H groups in total. The molecule has 0 saturated carbocycles. The van der Waals surface area contributed by atoms with Crippen LogP contribution in [0.15, 0.2) is 12.4 Å². The number of nitrogens with zero attached hydrogens (tertiary/aromatic N) is 4. The first kappa shape index (κ1) is 5.46. The second-order valence-electron chi connectivity index (χ2n) is 2.31. The van der Waals surface area contributed by atoms with Crippen LogP contribution >= 0.6 is 0 Å². The standard InChI is InChI=1S/C6H8N4/c1-9-5-3-8-10(2)6(5)4-7-9/h3-4H,1-2H3. The van der Waals surface area contributed by atoms with E-state index in [1.807, 2.05) is 35.9 Å². The molecule has 0 bridgehead atoms. The Morgan fingerprint density at radius 2 is 1.40 bits per heavy atom. The lowest BCUT2D eigenvalue weighted by atomic mass is 10.5. The van der Waals surface area contributed by atoms with Gasteiger partial charge in [-0.2, -0.15) is 10.2 Å². The number of hydrogen-bond acceptors (Lipinski definition) is 2. The Labute approximate surface area is 58.1 Å². The van der Waals surface area contributed by atoms with Crippen molar-refractivity contribution in [3.8, 4) is 0 Å². The third-order valence-corrected chi connectivity index (χ3v) is 1.67. The minimum atomic E-state index is 1.07. The van der Waals surface area contributed by atoms with E-state index in [2.05, 4.69) is 10.2 Å². The fourth-order valence-electron chi connectivity index (χ4n) is 1.04. The molecule has 4 nitrogen and oxygen atoms in total. The lowest BCUT2D eigenvalue weighted by Gasteiger charge is -1.83. The van der Waals surface area contributed by atoms with E-state index in [-0.39, 0.29) is 0 Å². The maximum atomic E-state index is 4.07. The van der Waals surface area contributed by atoms with Crippen molar-refractivity contribution in [2.45, 2.75) is 0 Å². The van der Waals surface area contributed by atoms with Crippen molar-refractivity contribution >= 4 is 11.0 Å². The van der Waals surface area contributed by atoms with Crippen LogP contribution < -0.4 is 0 Å². The Bertz CT molecular complexity index is 321. The minimum absolute atomic E-state index is 1.07. The molecule has 2 rings (SSSR count). The van der Waals surface area contributed by atoms with Crippen LogP contribution in [0.3, 0.4) is 0 Å². The summed E-state index contributed by atoms with van der Waals surface area (Å²) in [6.45, 7) is 0. The van der Waals surface area contributed by atoms with Crippen molar-refractivity contribution in [3.05, 3.63) is 12.4 Å². The van der Waals surface area contributed by atoms with E-state index in [9.17, 15) is 0 Å². The van der Waals surface area contributed by atoms with Gasteiger partial charge in [0, 0.05) is 14.1 Å². The summed E-state index contributed by atoms with van der Waals surface area (Å²) in [5.74, 6) is 0. The summed E-state index contributed by atoms with van der Waals surface area (Å²) in [5, 5.41) is 8.14. The highest BCUT2D eigenvalue weighted by atomic mass is 15.3. The van der Waals surface area contributed by atoms with Crippen LogP contribution in [0, 0.1) is 0 Å². The molecular formula is C6H8N4. The molecule has 0 fully saturated rings. The first-order valence-electron chi connectivity index (χ1n) is 3.09. The van der Waals surface area contributed by atoms with E-state index in [4.69, 9.17) is 0 Å². The average Bonchev–Trinajstić information content (AvgIpc) is 2.41. The fourth-order valence-corrected chi connectivity index (χ4v) is 1.04. The SMILES string of the molecule is Cn1ncc2c1cnn2C. The molecule has 2 aromatic rings. The highest BCUT2D eigenvalue weighted by molar-refractivity contribution is 5.73. The highest BCUT2D eigenvalue weighted by Crippen LogP contribution is 2.08. The van der Waals surface area contributed by atoms with E-state index >= 15 is 0 Å². The quantitative estimate of drug-likeness (QED) is 0.522. The van der Waals surface area contributed by atoms with Gasteiger partial charge in [0.2, 0.25) is 0 Å². The Morgan fingerprint density at radius 1 is 1.00 bits per heavy atom. The summed E-state index contributed by atoms with van der Waals surface area (Å²) in [5.41, 5.74) is 2.14.